The Morgan fingerprint density at radius 1 is 0.828 bits per heavy atom. The van der Waals surface area contributed by atoms with Gasteiger partial charge in [0.15, 0.2) is 0 Å². The summed E-state index contributed by atoms with van der Waals surface area (Å²) in [5, 5.41) is 0. The molecule has 0 spiro atoms. The van der Waals surface area contributed by atoms with Crippen molar-refractivity contribution < 1.29 is 0 Å². The van der Waals surface area contributed by atoms with Crippen LogP contribution in [0.2, 0.25) is 0 Å². The number of benzene rings is 3. The number of rotatable bonds is 7. The van der Waals surface area contributed by atoms with Gasteiger partial charge in [-0.05, 0) is 71.7 Å². The normalized spacial score (nSPS) is 15.1. The van der Waals surface area contributed by atoms with Gasteiger partial charge in [0, 0.05) is 25.7 Å². The lowest BCUT2D eigenvalue weighted by Crippen LogP contribution is -2.09. The maximum Gasteiger partial charge on any atom is 0.0363 e. The van der Waals surface area contributed by atoms with Crippen LogP contribution in [0.15, 0.2) is 72.8 Å². The van der Waals surface area contributed by atoms with Crippen LogP contribution >= 0.6 is 0 Å². The molecule has 1 nitrogen and oxygen atoms in total. The van der Waals surface area contributed by atoms with Crippen LogP contribution < -0.4 is 4.90 Å². The number of nitrogens with zero attached hydrogens (tertiary/aromatic N) is 1. The molecule has 0 saturated carbocycles. The topological polar surface area (TPSA) is 3.24 Å². The summed E-state index contributed by atoms with van der Waals surface area (Å²) in [6, 6.07) is 26.7. The first-order valence-corrected chi connectivity index (χ1v) is 10.8. The predicted octanol–water partition coefficient (Wildman–Crippen LogP) is 7.11. The summed E-state index contributed by atoms with van der Waals surface area (Å²) in [7, 11) is 4.21. The van der Waals surface area contributed by atoms with Crippen molar-refractivity contribution in [2.24, 2.45) is 0 Å². The molecule has 4 rings (SSSR count). The van der Waals surface area contributed by atoms with E-state index in [0.717, 1.165) is 6.42 Å². The lowest BCUT2D eigenvalue weighted by atomic mass is 9.86. The highest BCUT2D eigenvalue weighted by Crippen LogP contribution is 2.44. The lowest BCUT2D eigenvalue weighted by molar-refractivity contribution is 0.647. The summed E-state index contributed by atoms with van der Waals surface area (Å²) in [5.41, 5.74) is 9.92. The Balaban J connectivity index is 1.42. The second-order valence-corrected chi connectivity index (χ2v) is 8.40. The first kappa shape index (κ1) is 19.5. The van der Waals surface area contributed by atoms with Crippen LogP contribution in [0.1, 0.15) is 53.0 Å². The van der Waals surface area contributed by atoms with Gasteiger partial charge in [0.05, 0.1) is 0 Å². The Hall–Kier alpha value is -2.80. The molecule has 0 fully saturated rings. The Bertz CT molecular complexity index is 998. The molecule has 1 aliphatic rings. The van der Waals surface area contributed by atoms with Crippen molar-refractivity contribution in [1.29, 1.82) is 0 Å². The van der Waals surface area contributed by atoms with Gasteiger partial charge in [-0.15, -0.1) is 0 Å². The highest BCUT2D eigenvalue weighted by molar-refractivity contribution is 5.91. The van der Waals surface area contributed by atoms with Crippen molar-refractivity contribution in [2.45, 2.75) is 38.5 Å². The SMILES string of the molecule is Cc1cc(N(C)C)ccc1CCCCC1C(c2ccccc2)=Cc2ccccc21. The summed E-state index contributed by atoms with van der Waals surface area (Å²) in [5.74, 6) is 0.519. The van der Waals surface area contributed by atoms with E-state index in [1.165, 1.54) is 58.3 Å². The van der Waals surface area contributed by atoms with Crippen molar-refractivity contribution in [3.05, 3.63) is 101 Å². The molecule has 0 aromatic heterocycles. The summed E-state index contributed by atoms with van der Waals surface area (Å²) < 4.78 is 0. The molecule has 0 aliphatic heterocycles. The zero-order valence-corrected chi connectivity index (χ0v) is 17.9. The second-order valence-electron chi connectivity index (χ2n) is 8.40. The van der Waals surface area contributed by atoms with Gasteiger partial charge in [-0.2, -0.15) is 0 Å². The van der Waals surface area contributed by atoms with Crippen LogP contribution in [-0.2, 0) is 6.42 Å². The van der Waals surface area contributed by atoms with Gasteiger partial charge in [0.2, 0.25) is 0 Å². The van der Waals surface area contributed by atoms with E-state index in [1.54, 1.807) is 0 Å². The largest absolute Gasteiger partial charge is 0.378 e. The molecule has 1 unspecified atom stereocenters. The van der Waals surface area contributed by atoms with Crippen LogP contribution in [0.3, 0.4) is 0 Å². The minimum atomic E-state index is 0.519. The van der Waals surface area contributed by atoms with E-state index in [2.05, 4.69) is 105 Å². The maximum atomic E-state index is 2.40. The molecular formula is C28H31N. The molecule has 0 amide bonds. The number of aryl methyl sites for hydroxylation is 2. The average Bonchev–Trinajstić information content (AvgIpc) is 3.11. The Labute approximate surface area is 175 Å². The summed E-state index contributed by atoms with van der Waals surface area (Å²) in [6.07, 6.45) is 7.27. The van der Waals surface area contributed by atoms with Gasteiger partial charge in [-0.1, -0.05) is 73.2 Å². The van der Waals surface area contributed by atoms with Crippen LogP contribution in [0.25, 0.3) is 11.6 Å². The Morgan fingerprint density at radius 2 is 1.59 bits per heavy atom. The number of unbranched alkanes of at least 4 members (excludes halogenated alkanes) is 1. The molecule has 1 heteroatoms. The van der Waals surface area contributed by atoms with Crippen LogP contribution in [-0.4, -0.2) is 14.1 Å². The van der Waals surface area contributed by atoms with Crippen molar-refractivity contribution in [3.8, 4) is 0 Å². The Kier molecular flexibility index (Phi) is 5.85. The standard InChI is InChI=1S/C28H31N/c1-21-19-25(29(2)3)18-17-22(21)11-7-10-16-27-26-15-9-8-14-24(26)20-28(27)23-12-5-4-6-13-23/h4-6,8-9,12-15,17-20,27H,7,10-11,16H2,1-3H3. The molecule has 0 saturated heterocycles. The fourth-order valence-electron chi connectivity index (χ4n) is 4.52. The van der Waals surface area contributed by atoms with E-state index >= 15 is 0 Å². The Morgan fingerprint density at radius 3 is 2.34 bits per heavy atom. The smallest absolute Gasteiger partial charge is 0.0363 e. The van der Waals surface area contributed by atoms with E-state index in [4.69, 9.17) is 0 Å². The van der Waals surface area contributed by atoms with Gasteiger partial charge in [-0.25, -0.2) is 0 Å². The lowest BCUT2D eigenvalue weighted by Gasteiger charge is -2.18. The number of anilines is 1. The van der Waals surface area contributed by atoms with Gasteiger partial charge >= 0.3 is 0 Å². The van der Waals surface area contributed by atoms with Crippen LogP contribution in [0.4, 0.5) is 5.69 Å². The maximum absolute atomic E-state index is 2.40. The molecule has 3 aromatic carbocycles. The monoisotopic (exact) mass is 381 g/mol. The van der Waals surface area contributed by atoms with Gasteiger partial charge < -0.3 is 4.90 Å². The highest BCUT2D eigenvalue weighted by Gasteiger charge is 2.25. The first-order chi connectivity index (χ1) is 14.1. The molecule has 0 N–H and O–H groups in total. The predicted molar refractivity (Wildman–Crippen MR) is 127 cm³/mol. The molecule has 1 atom stereocenters. The third-order valence-electron chi connectivity index (χ3n) is 6.20. The van der Waals surface area contributed by atoms with E-state index in [0.29, 0.717) is 5.92 Å². The number of hydrogen-bond donors (Lipinski definition) is 0. The molecule has 29 heavy (non-hydrogen) atoms. The van der Waals surface area contributed by atoms with E-state index < -0.39 is 0 Å². The highest BCUT2D eigenvalue weighted by atomic mass is 15.1. The zero-order chi connectivity index (χ0) is 20.2. The minimum Gasteiger partial charge on any atom is -0.378 e. The summed E-state index contributed by atoms with van der Waals surface area (Å²) >= 11 is 0. The van der Waals surface area contributed by atoms with Crippen LogP contribution in [0, 0.1) is 6.92 Å². The third kappa shape index (κ3) is 4.29. The third-order valence-corrected chi connectivity index (χ3v) is 6.20. The van der Waals surface area contributed by atoms with Gasteiger partial charge in [0.25, 0.3) is 0 Å². The van der Waals surface area contributed by atoms with E-state index in [9.17, 15) is 0 Å². The molecule has 148 valence electrons. The second kappa shape index (κ2) is 8.69. The molecule has 0 heterocycles. The van der Waals surface area contributed by atoms with Crippen molar-refractivity contribution in [3.63, 3.8) is 0 Å². The molecule has 0 bridgehead atoms. The van der Waals surface area contributed by atoms with Crippen molar-refractivity contribution in [2.75, 3.05) is 19.0 Å². The molecule has 3 aromatic rings. The average molecular weight is 382 g/mol. The summed E-state index contributed by atoms with van der Waals surface area (Å²) in [4.78, 5) is 2.17. The number of fused-ring (bicyclic) bond motifs is 1. The number of allylic oxidation sites excluding steroid dienone is 1. The molecule has 0 radical (unpaired) electrons. The quantitative estimate of drug-likeness (QED) is 0.394. The van der Waals surface area contributed by atoms with Gasteiger partial charge in [-0.3, -0.25) is 0 Å². The molecular weight excluding hydrogens is 350 g/mol. The minimum absolute atomic E-state index is 0.519. The van der Waals surface area contributed by atoms with Crippen molar-refractivity contribution in [1.82, 2.24) is 0 Å². The van der Waals surface area contributed by atoms with Crippen molar-refractivity contribution >= 4 is 17.3 Å². The van der Waals surface area contributed by atoms with Crippen LogP contribution in [0.5, 0.6) is 0 Å². The first-order valence-electron chi connectivity index (χ1n) is 10.8. The number of hydrogen-bond acceptors (Lipinski definition) is 1. The van der Waals surface area contributed by atoms with Gasteiger partial charge in [0.1, 0.15) is 0 Å². The fourth-order valence-corrected chi connectivity index (χ4v) is 4.52. The fraction of sp³-hybridized carbons (Fsp3) is 0.286. The van der Waals surface area contributed by atoms with E-state index in [-0.39, 0.29) is 0 Å². The summed E-state index contributed by atoms with van der Waals surface area (Å²) in [6.45, 7) is 2.24. The zero-order valence-electron chi connectivity index (χ0n) is 17.9. The molecule has 1 aliphatic carbocycles. The van der Waals surface area contributed by atoms with E-state index in [1.807, 2.05) is 0 Å².